The third-order valence-electron chi connectivity index (χ3n) is 4.03. The number of methoxy groups -OCH3 is 1. The molecule has 4 heteroatoms. The van der Waals surface area contributed by atoms with Gasteiger partial charge in [-0.25, -0.2) is 0 Å². The monoisotopic (exact) mass is 359 g/mol. The Balaban J connectivity index is 1.67. The van der Waals surface area contributed by atoms with E-state index in [2.05, 4.69) is 21.2 Å². The summed E-state index contributed by atoms with van der Waals surface area (Å²) in [5.74, 6) is 0.895. The molecule has 0 unspecified atom stereocenters. The zero-order valence-corrected chi connectivity index (χ0v) is 14.0. The Morgan fingerprint density at radius 1 is 1.23 bits per heavy atom. The second kappa shape index (κ2) is 6.13. The molecule has 0 saturated heterocycles. The summed E-state index contributed by atoms with van der Waals surface area (Å²) in [6.45, 7) is 0. The third kappa shape index (κ3) is 3.33. The SMILES string of the molecule is COc1ccc(C2(NC(=O)Cc3cccc(Br)c3)CC2)cc1. The van der Waals surface area contributed by atoms with Gasteiger partial charge in [0, 0.05) is 4.47 Å². The topological polar surface area (TPSA) is 38.3 Å². The van der Waals surface area contributed by atoms with Gasteiger partial charge in [0.05, 0.1) is 19.1 Å². The first-order chi connectivity index (χ1) is 10.6. The van der Waals surface area contributed by atoms with Gasteiger partial charge >= 0.3 is 0 Å². The van der Waals surface area contributed by atoms with E-state index < -0.39 is 0 Å². The normalized spacial score (nSPS) is 15.2. The van der Waals surface area contributed by atoms with Crippen molar-refractivity contribution in [2.24, 2.45) is 0 Å². The quantitative estimate of drug-likeness (QED) is 0.881. The standard InChI is InChI=1S/C18H18BrNO2/c1-22-16-7-5-14(6-8-16)18(9-10-18)20-17(21)12-13-3-2-4-15(19)11-13/h2-8,11H,9-10,12H2,1H3,(H,20,21). The summed E-state index contributed by atoms with van der Waals surface area (Å²) in [7, 11) is 1.65. The van der Waals surface area contributed by atoms with Crippen molar-refractivity contribution >= 4 is 21.8 Å². The van der Waals surface area contributed by atoms with Gasteiger partial charge in [-0.05, 0) is 48.2 Å². The van der Waals surface area contributed by atoms with Crippen LogP contribution in [0.2, 0.25) is 0 Å². The van der Waals surface area contributed by atoms with Crippen LogP contribution in [0.4, 0.5) is 0 Å². The van der Waals surface area contributed by atoms with Crippen LogP contribution in [-0.2, 0) is 16.8 Å². The molecule has 1 N–H and O–H groups in total. The van der Waals surface area contributed by atoms with Crippen LogP contribution in [0.25, 0.3) is 0 Å². The lowest BCUT2D eigenvalue weighted by Crippen LogP contribution is -2.35. The molecule has 0 aliphatic heterocycles. The molecule has 2 aromatic carbocycles. The maximum Gasteiger partial charge on any atom is 0.225 e. The van der Waals surface area contributed by atoms with E-state index in [1.807, 2.05) is 48.5 Å². The average molecular weight is 360 g/mol. The number of nitrogens with one attached hydrogen (secondary N) is 1. The first kappa shape index (κ1) is 15.1. The number of carbonyl (C=O) groups excluding carboxylic acids is 1. The molecule has 1 fully saturated rings. The van der Waals surface area contributed by atoms with E-state index in [-0.39, 0.29) is 11.4 Å². The van der Waals surface area contributed by atoms with Crippen LogP contribution in [0.3, 0.4) is 0 Å². The van der Waals surface area contributed by atoms with Crippen LogP contribution in [0, 0.1) is 0 Å². The summed E-state index contributed by atoms with van der Waals surface area (Å²) in [4.78, 5) is 12.3. The van der Waals surface area contributed by atoms with Crippen molar-refractivity contribution in [3.05, 3.63) is 64.1 Å². The van der Waals surface area contributed by atoms with Gasteiger partial charge in [-0.1, -0.05) is 40.2 Å². The Kier molecular flexibility index (Phi) is 4.21. The van der Waals surface area contributed by atoms with Crippen LogP contribution >= 0.6 is 15.9 Å². The summed E-state index contributed by atoms with van der Waals surface area (Å²) < 4.78 is 6.18. The Labute approximate surface area is 138 Å². The molecule has 3 rings (SSSR count). The van der Waals surface area contributed by atoms with Crippen molar-refractivity contribution in [2.75, 3.05) is 7.11 Å². The van der Waals surface area contributed by atoms with Crippen LogP contribution in [-0.4, -0.2) is 13.0 Å². The first-order valence-electron chi connectivity index (χ1n) is 7.31. The first-order valence-corrected chi connectivity index (χ1v) is 8.11. The van der Waals surface area contributed by atoms with Crippen LogP contribution < -0.4 is 10.1 Å². The maximum absolute atomic E-state index is 12.3. The molecule has 0 spiro atoms. The number of ether oxygens (including phenoxy) is 1. The number of halogens is 1. The Hall–Kier alpha value is -1.81. The molecule has 0 bridgehead atoms. The van der Waals surface area contributed by atoms with Crippen LogP contribution in [0.1, 0.15) is 24.0 Å². The second-order valence-corrected chi connectivity index (χ2v) is 6.58. The lowest BCUT2D eigenvalue weighted by atomic mass is 10.0. The molecule has 1 amide bonds. The van der Waals surface area contributed by atoms with Crippen LogP contribution in [0.5, 0.6) is 5.75 Å². The van der Waals surface area contributed by atoms with Crippen molar-refractivity contribution in [1.82, 2.24) is 5.32 Å². The van der Waals surface area contributed by atoms with Gasteiger partial charge in [-0.3, -0.25) is 4.79 Å². The highest BCUT2D eigenvalue weighted by Gasteiger charge is 2.45. The highest BCUT2D eigenvalue weighted by atomic mass is 79.9. The number of hydrogen-bond donors (Lipinski definition) is 1. The minimum Gasteiger partial charge on any atom is -0.497 e. The van der Waals surface area contributed by atoms with Crippen molar-refractivity contribution in [1.29, 1.82) is 0 Å². The summed E-state index contributed by atoms with van der Waals surface area (Å²) >= 11 is 3.43. The van der Waals surface area contributed by atoms with E-state index in [1.165, 1.54) is 0 Å². The third-order valence-corrected chi connectivity index (χ3v) is 4.52. The fourth-order valence-corrected chi connectivity index (χ4v) is 3.11. The van der Waals surface area contributed by atoms with Crippen molar-refractivity contribution < 1.29 is 9.53 Å². The zero-order valence-electron chi connectivity index (χ0n) is 12.4. The highest BCUT2D eigenvalue weighted by molar-refractivity contribution is 9.10. The summed E-state index contributed by atoms with van der Waals surface area (Å²) in [5.41, 5.74) is 1.98. The predicted octanol–water partition coefficient (Wildman–Crippen LogP) is 3.81. The Morgan fingerprint density at radius 3 is 2.55 bits per heavy atom. The minimum atomic E-state index is -0.185. The maximum atomic E-state index is 12.3. The van der Waals surface area contributed by atoms with E-state index in [1.54, 1.807) is 7.11 Å². The lowest BCUT2D eigenvalue weighted by Gasteiger charge is -2.18. The van der Waals surface area contributed by atoms with E-state index >= 15 is 0 Å². The van der Waals surface area contributed by atoms with Gasteiger partial charge in [-0.15, -0.1) is 0 Å². The minimum absolute atomic E-state index is 0.0615. The molecule has 1 aliphatic rings. The molecular formula is C18H18BrNO2. The van der Waals surface area contributed by atoms with Gasteiger partial charge in [-0.2, -0.15) is 0 Å². The zero-order chi connectivity index (χ0) is 15.6. The number of rotatable bonds is 5. The van der Waals surface area contributed by atoms with Gasteiger partial charge < -0.3 is 10.1 Å². The average Bonchev–Trinajstić information content (AvgIpc) is 3.28. The highest BCUT2D eigenvalue weighted by Crippen LogP contribution is 2.45. The molecular weight excluding hydrogens is 342 g/mol. The summed E-state index contributed by atoms with van der Waals surface area (Å²) in [5, 5.41) is 3.19. The molecule has 1 saturated carbocycles. The largest absolute Gasteiger partial charge is 0.497 e. The van der Waals surface area contributed by atoms with Gasteiger partial charge in [0.15, 0.2) is 0 Å². The molecule has 0 heterocycles. The van der Waals surface area contributed by atoms with E-state index in [4.69, 9.17) is 4.74 Å². The fourth-order valence-electron chi connectivity index (χ4n) is 2.66. The molecule has 1 aliphatic carbocycles. The molecule has 0 atom stereocenters. The summed E-state index contributed by atoms with van der Waals surface area (Å²) in [6, 6.07) is 15.8. The molecule has 22 heavy (non-hydrogen) atoms. The number of carbonyl (C=O) groups is 1. The number of amides is 1. The van der Waals surface area contributed by atoms with E-state index in [0.29, 0.717) is 6.42 Å². The van der Waals surface area contributed by atoms with Crippen molar-refractivity contribution in [3.8, 4) is 5.75 Å². The number of hydrogen-bond acceptors (Lipinski definition) is 2. The van der Waals surface area contributed by atoms with Gasteiger partial charge in [0.25, 0.3) is 0 Å². The van der Waals surface area contributed by atoms with Crippen molar-refractivity contribution in [3.63, 3.8) is 0 Å². The molecule has 0 aromatic heterocycles. The molecule has 114 valence electrons. The van der Waals surface area contributed by atoms with Gasteiger partial charge in [0.1, 0.15) is 5.75 Å². The van der Waals surface area contributed by atoms with E-state index in [9.17, 15) is 4.79 Å². The van der Waals surface area contributed by atoms with E-state index in [0.717, 1.165) is 34.2 Å². The smallest absolute Gasteiger partial charge is 0.225 e. The molecule has 2 aromatic rings. The Bertz CT molecular complexity index is 678. The van der Waals surface area contributed by atoms with Gasteiger partial charge in [0.2, 0.25) is 5.91 Å². The molecule has 0 radical (unpaired) electrons. The molecule has 3 nitrogen and oxygen atoms in total. The summed E-state index contributed by atoms with van der Waals surface area (Å²) in [6.07, 6.45) is 2.38. The van der Waals surface area contributed by atoms with Crippen molar-refractivity contribution in [2.45, 2.75) is 24.8 Å². The van der Waals surface area contributed by atoms with Crippen LogP contribution in [0.15, 0.2) is 53.0 Å². The lowest BCUT2D eigenvalue weighted by molar-refractivity contribution is -0.121. The Morgan fingerprint density at radius 2 is 1.95 bits per heavy atom. The second-order valence-electron chi connectivity index (χ2n) is 5.67. The predicted molar refractivity (Wildman–Crippen MR) is 89.9 cm³/mol. The number of benzene rings is 2. The fraction of sp³-hybridized carbons (Fsp3) is 0.278.